The molecule has 1 aromatic carbocycles. The second kappa shape index (κ2) is 3.65. The van der Waals surface area contributed by atoms with Crippen molar-refractivity contribution in [2.75, 3.05) is 6.54 Å². The normalized spacial score (nSPS) is 13.0. The van der Waals surface area contributed by atoms with E-state index in [1.807, 2.05) is 0 Å². The number of nitrogens with two attached hydrogens (primary N) is 2. The third-order valence-electron chi connectivity index (χ3n) is 1.86. The zero-order valence-corrected chi connectivity index (χ0v) is 7.05. The van der Waals surface area contributed by atoms with Crippen LogP contribution in [0.2, 0.25) is 0 Å². The Labute approximate surface area is 71.4 Å². The van der Waals surface area contributed by atoms with Crippen molar-refractivity contribution in [2.24, 2.45) is 11.5 Å². The zero-order valence-electron chi connectivity index (χ0n) is 7.05. The molecule has 0 aromatic heterocycles. The summed E-state index contributed by atoms with van der Waals surface area (Å²) < 4.78 is 12.8. The van der Waals surface area contributed by atoms with Crippen LogP contribution in [0, 0.1) is 12.7 Å². The fourth-order valence-electron chi connectivity index (χ4n) is 1.03. The van der Waals surface area contributed by atoms with Gasteiger partial charge in [-0.2, -0.15) is 0 Å². The van der Waals surface area contributed by atoms with Crippen molar-refractivity contribution < 1.29 is 4.39 Å². The maximum Gasteiger partial charge on any atom is 0.126 e. The minimum Gasteiger partial charge on any atom is -0.329 e. The molecule has 4 N–H and O–H groups in total. The lowest BCUT2D eigenvalue weighted by Gasteiger charge is -2.09. The van der Waals surface area contributed by atoms with Crippen LogP contribution < -0.4 is 11.5 Å². The highest BCUT2D eigenvalue weighted by Gasteiger charge is 2.04. The van der Waals surface area contributed by atoms with Crippen LogP contribution in [0.4, 0.5) is 4.39 Å². The highest BCUT2D eigenvalue weighted by atomic mass is 19.1. The van der Waals surface area contributed by atoms with Crippen LogP contribution in [0.5, 0.6) is 0 Å². The minimum absolute atomic E-state index is 0.190. The van der Waals surface area contributed by atoms with Crippen molar-refractivity contribution in [3.05, 3.63) is 35.1 Å². The molecule has 0 heterocycles. The van der Waals surface area contributed by atoms with Crippen LogP contribution >= 0.6 is 0 Å². The lowest BCUT2D eigenvalue weighted by Crippen LogP contribution is -2.20. The summed E-state index contributed by atoms with van der Waals surface area (Å²) >= 11 is 0. The van der Waals surface area contributed by atoms with Gasteiger partial charge in [-0.1, -0.05) is 12.1 Å². The molecule has 0 unspecified atom stereocenters. The van der Waals surface area contributed by atoms with Crippen LogP contribution in [0.15, 0.2) is 18.2 Å². The van der Waals surface area contributed by atoms with Gasteiger partial charge in [0.05, 0.1) is 0 Å². The zero-order chi connectivity index (χ0) is 9.14. The first-order valence-corrected chi connectivity index (χ1v) is 3.87. The summed E-state index contributed by atoms with van der Waals surface area (Å²) in [5, 5.41) is 0. The molecule has 0 radical (unpaired) electrons. The molecular weight excluding hydrogens is 155 g/mol. The molecule has 0 aliphatic heterocycles. The third-order valence-corrected chi connectivity index (χ3v) is 1.86. The van der Waals surface area contributed by atoms with Crippen LogP contribution in [0.3, 0.4) is 0 Å². The van der Waals surface area contributed by atoms with E-state index in [2.05, 4.69) is 0 Å². The summed E-state index contributed by atoms with van der Waals surface area (Å²) in [7, 11) is 0. The van der Waals surface area contributed by atoms with Crippen molar-refractivity contribution in [3.8, 4) is 0 Å². The molecule has 0 aliphatic rings. The molecule has 0 saturated heterocycles. The number of aryl methyl sites for hydroxylation is 1. The Balaban J connectivity index is 2.96. The fourth-order valence-corrected chi connectivity index (χ4v) is 1.03. The summed E-state index contributed by atoms with van der Waals surface area (Å²) in [6.45, 7) is 2.09. The number of halogens is 1. The Bertz CT molecular complexity index is 273. The van der Waals surface area contributed by atoms with E-state index < -0.39 is 0 Å². The standard InChI is InChI=1S/C9H13FN2/c1-6-4-7(9(12)5-11)2-3-8(6)10/h2-4,9H,5,11-12H2,1H3/t9-/m0/s1. The van der Waals surface area contributed by atoms with Gasteiger partial charge in [0.15, 0.2) is 0 Å². The number of hydrogen-bond acceptors (Lipinski definition) is 2. The molecule has 0 bridgehead atoms. The topological polar surface area (TPSA) is 52.0 Å². The summed E-state index contributed by atoms with van der Waals surface area (Å²) in [6, 6.07) is 4.62. The van der Waals surface area contributed by atoms with E-state index in [1.54, 1.807) is 19.1 Å². The lowest BCUT2D eigenvalue weighted by molar-refractivity contribution is 0.615. The van der Waals surface area contributed by atoms with Crippen LogP contribution in [-0.2, 0) is 0 Å². The second-order valence-corrected chi connectivity index (χ2v) is 2.85. The van der Waals surface area contributed by atoms with Gasteiger partial charge in [0.25, 0.3) is 0 Å². The average Bonchev–Trinajstić information content (AvgIpc) is 2.08. The van der Waals surface area contributed by atoms with Crippen molar-refractivity contribution in [1.29, 1.82) is 0 Å². The predicted octanol–water partition coefficient (Wildman–Crippen LogP) is 1.09. The maximum atomic E-state index is 12.8. The van der Waals surface area contributed by atoms with Gasteiger partial charge in [0.1, 0.15) is 5.82 Å². The molecule has 0 saturated carbocycles. The fraction of sp³-hybridized carbons (Fsp3) is 0.333. The van der Waals surface area contributed by atoms with Crippen molar-refractivity contribution >= 4 is 0 Å². The SMILES string of the molecule is Cc1cc([C@@H](N)CN)ccc1F. The number of hydrogen-bond donors (Lipinski definition) is 2. The van der Waals surface area contributed by atoms with Crippen LogP contribution in [-0.4, -0.2) is 6.54 Å². The van der Waals surface area contributed by atoms with Gasteiger partial charge in [-0.05, 0) is 24.1 Å². The molecular formula is C9H13FN2. The van der Waals surface area contributed by atoms with E-state index in [9.17, 15) is 4.39 Å². The largest absolute Gasteiger partial charge is 0.329 e. The molecule has 66 valence electrons. The molecule has 1 aromatic rings. The molecule has 0 aliphatic carbocycles. The molecule has 1 rings (SSSR count). The van der Waals surface area contributed by atoms with Crippen LogP contribution in [0.1, 0.15) is 17.2 Å². The average molecular weight is 168 g/mol. The quantitative estimate of drug-likeness (QED) is 0.694. The van der Waals surface area contributed by atoms with E-state index in [0.29, 0.717) is 12.1 Å². The molecule has 1 atom stereocenters. The minimum atomic E-state index is -0.206. The van der Waals surface area contributed by atoms with Gasteiger partial charge in [-0.25, -0.2) is 4.39 Å². The van der Waals surface area contributed by atoms with E-state index in [-0.39, 0.29) is 11.9 Å². The first kappa shape index (κ1) is 9.16. The van der Waals surface area contributed by atoms with Gasteiger partial charge in [0.2, 0.25) is 0 Å². The summed E-state index contributed by atoms with van der Waals surface area (Å²) in [4.78, 5) is 0. The lowest BCUT2D eigenvalue weighted by atomic mass is 10.1. The maximum absolute atomic E-state index is 12.8. The Hall–Kier alpha value is -0.930. The Morgan fingerprint density at radius 1 is 1.50 bits per heavy atom. The van der Waals surface area contributed by atoms with Gasteiger partial charge in [-0.15, -0.1) is 0 Å². The number of benzene rings is 1. The Kier molecular flexibility index (Phi) is 2.78. The van der Waals surface area contributed by atoms with E-state index >= 15 is 0 Å². The first-order valence-electron chi connectivity index (χ1n) is 3.87. The predicted molar refractivity (Wildman–Crippen MR) is 47.1 cm³/mol. The van der Waals surface area contributed by atoms with Gasteiger partial charge < -0.3 is 11.5 Å². The van der Waals surface area contributed by atoms with Crippen molar-refractivity contribution in [1.82, 2.24) is 0 Å². The smallest absolute Gasteiger partial charge is 0.126 e. The molecule has 12 heavy (non-hydrogen) atoms. The van der Waals surface area contributed by atoms with E-state index in [1.165, 1.54) is 6.07 Å². The Morgan fingerprint density at radius 3 is 2.67 bits per heavy atom. The van der Waals surface area contributed by atoms with Crippen molar-refractivity contribution in [3.63, 3.8) is 0 Å². The monoisotopic (exact) mass is 168 g/mol. The van der Waals surface area contributed by atoms with E-state index in [0.717, 1.165) is 5.56 Å². The summed E-state index contributed by atoms with van der Waals surface area (Å²) in [6.07, 6.45) is 0. The van der Waals surface area contributed by atoms with Gasteiger partial charge >= 0.3 is 0 Å². The molecule has 3 heteroatoms. The Morgan fingerprint density at radius 2 is 2.17 bits per heavy atom. The van der Waals surface area contributed by atoms with Crippen molar-refractivity contribution in [2.45, 2.75) is 13.0 Å². The van der Waals surface area contributed by atoms with E-state index in [4.69, 9.17) is 11.5 Å². The summed E-state index contributed by atoms with van der Waals surface area (Å²) in [5.74, 6) is -0.206. The van der Waals surface area contributed by atoms with Gasteiger partial charge in [-0.3, -0.25) is 0 Å². The molecule has 0 spiro atoms. The highest BCUT2D eigenvalue weighted by molar-refractivity contribution is 5.26. The molecule has 0 fully saturated rings. The summed E-state index contributed by atoms with van der Waals surface area (Å²) in [5.41, 5.74) is 12.5. The molecule has 2 nitrogen and oxygen atoms in total. The second-order valence-electron chi connectivity index (χ2n) is 2.85. The third kappa shape index (κ3) is 1.81. The van der Waals surface area contributed by atoms with Gasteiger partial charge in [0, 0.05) is 12.6 Å². The first-order chi connectivity index (χ1) is 5.65. The van der Waals surface area contributed by atoms with Crippen LogP contribution in [0.25, 0.3) is 0 Å². The molecule has 0 amide bonds. The highest BCUT2D eigenvalue weighted by Crippen LogP contribution is 2.13. The number of rotatable bonds is 2.